The topological polar surface area (TPSA) is 409 Å². The summed E-state index contributed by atoms with van der Waals surface area (Å²) in [6.45, 7) is 11.0. The Bertz CT molecular complexity index is 2040. The van der Waals surface area contributed by atoms with Crippen LogP contribution in [0.3, 0.4) is 0 Å². The highest BCUT2D eigenvalue weighted by molar-refractivity contribution is 5.98. The van der Waals surface area contributed by atoms with E-state index in [1.807, 2.05) is 0 Å². The Hall–Kier alpha value is -7.05. The zero-order valence-electron chi connectivity index (χ0n) is 40.8. The fourth-order valence-electron chi connectivity index (χ4n) is 7.30. The van der Waals surface area contributed by atoms with Crippen molar-refractivity contribution in [1.82, 2.24) is 42.1 Å². The lowest BCUT2D eigenvalue weighted by atomic mass is 10.00. The molecular weight excluding hydrogens is 917 g/mol. The Morgan fingerprint density at radius 2 is 1.23 bits per heavy atom. The third-order valence-electron chi connectivity index (χ3n) is 11.2. The van der Waals surface area contributed by atoms with Crippen LogP contribution in [0, 0.1) is 11.8 Å². The van der Waals surface area contributed by atoms with Gasteiger partial charge in [0.25, 0.3) is 0 Å². The Morgan fingerprint density at radius 3 is 1.77 bits per heavy atom. The van der Waals surface area contributed by atoms with Gasteiger partial charge in [-0.1, -0.05) is 39.8 Å². The Kier molecular flexibility index (Phi) is 24.0. The number of phenols is 1. The number of hydrogen-bond donors (Lipinski definition) is 13. The van der Waals surface area contributed by atoms with Gasteiger partial charge in [-0.05, 0) is 88.8 Å². The van der Waals surface area contributed by atoms with Crippen molar-refractivity contribution in [2.45, 2.75) is 154 Å². The van der Waals surface area contributed by atoms with E-state index < -0.39 is 132 Å². The van der Waals surface area contributed by atoms with E-state index >= 15 is 0 Å². The Morgan fingerprint density at radius 1 is 0.686 bits per heavy atom. The molecule has 0 radical (unpaired) electrons. The van der Waals surface area contributed by atoms with Crippen LogP contribution in [0.15, 0.2) is 29.3 Å². The van der Waals surface area contributed by atoms with E-state index in [4.69, 9.17) is 17.2 Å². The molecule has 8 amide bonds. The first-order valence-corrected chi connectivity index (χ1v) is 23.2. The molecule has 1 aromatic carbocycles. The fourth-order valence-corrected chi connectivity index (χ4v) is 7.30. The molecule has 25 heteroatoms. The number of carboxylic acid groups (broad SMARTS) is 2. The van der Waals surface area contributed by atoms with E-state index in [1.165, 1.54) is 49.9 Å². The van der Waals surface area contributed by atoms with E-state index in [-0.39, 0.29) is 56.4 Å². The molecule has 0 bridgehead atoms. The molecule has 1 saturated heterocycles. The van der Waals surface area contributed by atoms with Gasteiger partial charge >= 0.3 is 11.9 Å². The predicted molar refractivity (Wildman–Crippen MR) is 254 cm³/mol. The average molecular weight is 989 g/mol. The zero-order chi connectivity index (χ0) is 53.0. The van der Waals surface area contributed by atoms with Crippen LogP contribution in [0.4, 0.5) is 0 Å². The SMILES string of the molecule is CC(C)C[C@H](NC(=O)[C@H](CCC(=O)O)NC(=O)[C@@H](NC(=O)[C@H](C)NC(=O)[C@H](Cc1ccc(O)cc1)NC(=O)[C@H](CCCN=C(N)N)NC(=O)[C@@H]1CCCN1C(=O)[C@H](C)N)C(C)C)C(=O)N[C@@H](C)C(=O)O. The largest absolute Gasteiger partial charge is 0.508 e. The molecule has 1 aromatic rings. The number of nitrogens with two attached hydrogens (primary N) is 3. The lowest BCUT2D eigenvalue weighted by Gasteiger charge is -2.29. The summed E-state index contributed by atoms with van der Waals surface area (Å²) in [7, 11) is 0. The summed E-state index contributed by atoms with van der Waals surface area (Å²) in [6.07, 6.45) is -0.0967. The molecule has 1 aliphatic rings. The number of carbonyl (C=O) groups excluding carboxylic acids is 8. The van der Waals surface area contributed by atoms with Gasteiger partial charge in [0.15, 0.2) is 5.96 Å². The maximum atomic E-state index is 14.1. The molecule has 0 spiro atoms. The lowest BCUT2D eigenvalue weighted by molar-refractivity contribution is -0.142. The number of aliphatic imine (C=N–C) groups is 1. The van der Waals surface area contributed by atoms with Crippen LogP contribution in [0.25, 0.3) is 0 Å². The summed E-state index contributed by atoms with van der Waals surface area (Å²) in [5, 5.41) is 46.3. The van der Waals surface area contributed by atoms with Crippen molar-refractivity contribution < 1.29 is 63.3 Å². The summed E-state index contributed by atoms with van der Waals surface area (Å²) in [6, 6.07) is -5.55. The number of phenolic OH excluding ortho intramolecular Hbond substituents is 1. The molecule has 16 N–H and O–H groups in total. The number of hydrogen-bond acceptors (Lipinski definition) is 13. The van der Waals surface area contributed by atoms with E-state index in [0.29, 0.717) is 18.4 Å². The molecular formula is C45H72N12O13. The van der Waals surface area contributed by atoms with Crippen molar-refractivity contribution in [3.8, 4) is 5.75 Å². The number of benzene rings is 1. The van der Waals surface area contributed by atoms with Gasteiger partial charge < -0.3 is 74.6 Å². The van der Waals surface area contributed by atoms with E-state index in [0.717, 1.165) is 0 Å². The maximum Gasteiger partial charge on any atom is 0.325 e. The van der Waals surface area contributed by atoms with Crippen molar-refractivity contribution in [2.75, 3.05) is 13.1 Å². The molecule has 1 heterocycles. The molecule has 0 aromatic heterocycles. The normalized spacial score (nSPS) is 16.7. The van der Waals surface area contributed by atoms with E-state index in [1.54, 1.807) is 27.7 Å². The fraction of sp³-hybridized carbons (Fsp3) is 0.622. The predicted octanol–water partition coefficient (Wildman–Crippen LogP) is -2.59. The Balaban J connectivity index is 2.36. The van der Waals surface area contributed by atoms with Crippen LogP contribution in [-0.4, -0.2) is 153 Å². The van der Waals surface area contributed by atoms with Gasteiger partial charge in [0.05, 0.1) is 6.04 Å². The van der Waals surface area contributed by atoms with Crippen molar-refractivity contribution in [3.05, 3.63) is 29.8 Å². The second-order valence-electron chi connectivity index (χ2n) is 18.1. The van der Waals surface area contributed by atoms with Gasteiger partial charge in [0.1, 0.15) is 54.1 Å². The van der Waals surface area contributed by atoms with E-state index in [9.17, 15) is 63.3 Å². The number of aromatic hydroxyl groups is 1. The molecule has 9 atom stereocenters. The molecule has 2 rings (SSSR count). The van der Waals surface area contributed by atoms with Gasteiger partial charge in [0, 0.05) is 25.9 Å². The minimum atomic E-state index is -1.53. The molecule has 390 valence electrons. The quantitative estimate of drug-likeness (QED) is 0.0233. The first kappa shape index (κ1) is 59.1. The third kappa shape index (κ3) is 19.9. The highest BCUT2D eigenvalue weighted by Crippen LogP contribution is 2.19. The smallest absolute Gasteiger partial charge is 0.325 e. The molecule has 1 fully saturated rings. The third-order valence-corrected chi connectivity index (χ3v) is 11.2. The zero-order valence-corrected chi connectivity index (χ0v) is 40.8. The lowest BCUT2D eigenvalue weighted by Crippen LogP contribution is -2.60. The number of carbonyl (C=O) groups is 10. The standard InChI is InChI=1S/C45H72N12O13/c1-22(2)20-31(39(64)51-26(7)44(69)70)54-38(63)30(16-17-34(59)60)53-42(67)35(23(3)4)56-36(61)25(6)50-40(65)32(21-27-12-14-28(58)15-13-27)55-37(62)29(10-8-18-49-45(47)48)52-41(66)33-11-9-19-57(33)43(68)24(5)46/h12-15,22-26,29-33,35,58H,8-11,16-21,46H2,1-7H3,(H,50,65)(H,51,64)(H,52,66)(H,53,67)(H,54,63)(H,55,62)(H,56,61)(H,59,60)(H,69,70)(H4,47,48,49)/t24-,25-,26-,29-,30-,31-,32-,33-,35-/m0/s1. The number of rotatable bonds is 28. The van der Waals surface area contributed by atoms with Gasteiger partial charge in [-0.3, -0.25) is 52.9 Å². The van der Waals surface area contributed by atoms with Crippen LogP contribution in [0.2, 0.25) is 0 Å². The highest BCUT2D eigenvalue weighted by atomic mass is 16.4. The summed E-state index contributed by atoms with van der Waals surface area (Å²) in [5.74, 6) is -10.0. The van der Waals surface area contributed by atoms with Crippen LogP contribution >= 0.6 is 0 Å². The van der Waals surface area contributed by atoms with E-state index in [2.05, 4.69) is 42.2 Å². The summed E-state index contributed by atoms with van der Waals surface area (Å²) in [5.41, 5.74) is 17.2. The monoisotopic (exact) mass is 989 g/mol. The van der Waals surface area contributed by atoms with Gasteiger partial charge in [-0.25, -0.2) is 0 Å². The number of carboxylic acids is 2. The van der Waals surface area contributed by atoms with Gasteiger partial charge in [0.2, 0.25) is 47.3 Å². The average Bonchev–Trinajstić information content (AvgIpc) is 3.77. The summed E-state index contributed by atoms with van der Waals surface area (Å²) in [4.78, 5) is 137. The molecule has 70 heavy (non-hydrogen) atoms. The summed E-state index contributed by atoms with van der Waals surface area (Å²) >= 11 is 0. The Labute approximate surface area is 406 Å². The second-order valence-corrected chi connectivity index (χ2v) is 18.1. The maximum absolute atomic E-state index is 14.1. The number of amides is 8. The molecule has 0 unspecified atom stereocenters. The van der Waals surface area contributed by atoms with Crippen LogP contribution in [0.1, 0.15) is 99.0 Å². The number of likely N-dealkylation sites (tertiary alicyclic amines) is 1. The van der Waals surface area contributed by atoms with Crippen molar-refractivity contribution in [3.63, 3.8) is 0 Å². The van der Waals surface area contributed by atoms with Crippen LogP contribution < -0.4 is 54.4 Å². The molecule has 25 nitrogen and oxygen atoms in total. The van der Waals surface area contributed by atoms with Crippen molar-refractivity contribution >= 4 is 65.2 Å². The van der Waals surface area contributed by atoms with Crippen LogP contribution in [0.5, 0.6) is 5.75 Å². The first-order chi connectivity index (χ1) is 32.7. The van der Waals surface area contributed by atoms with Gasteiger partial charge in [-0.15, -0.1) is 0 Å². The molecule has 0 saturated carbocycles. The summed E-state index contributed by atoms with van der Waals surface area (Å²) < 4.78 is 0. The molecule has 0 aliphatic carbocycles. The van der Waals surface area contributed by atoms with Crippen LogP contribution in [-0.2, 0) is 54.4 Å². The molecule has 1 aliphatic heterocycles. The first-order valence-electron chi connectivity index (χ1n) is 23.2. The van der Waals surface area contributed by atoms with Gasteiger partial charge in [-0.2, -0.15) is 0 Å². The number of aliphatic carboxylic acids is 2. The van der Waals surface area contributed by atoms with Crippen molar-refractivity contribution in [1.29, 1.82) is 0 Å². The minimum absolute atomic E-state index is 0.00786. The van der Waals surface area contributed by atoms with Crippen molar-refractivity contribution in [2.24, 2.45) is 34.0 Å². The number of nitrogens with one attached hydrogen (secondary N) is 7. The number of guanidine groups is 1. The minimum Gasteiger partial charge on any atom is -0.508 e. The highest BCUT2D eigenvalue weighted by Gasteiger charge is 2.38. The number of nitrogens with zero attached hydrogens (tertiary/aromatic N) is 2. The second kappa shape index (κ2) is 28.4.